The van der Waals surface area contributed by atoms with Gasteiger partial charge in [-0.15, -0.1) is 0 Å². The van der Waals surface area contributed by atoms with E-state index in [2.05, 4.69) is 15.4 Å². The van der Waals surface area contributed by atoms with Crippen LogP contribution >= 0.6 is 0 Å². The van der Waals surface area contributed by atoms with Gasteiger partial charge in [0, 0.05) is 33.0 Å². The highest BCUT2D eigenvalue weighted by atomic mass is 16.6. The number of methoxy groups -OCH3 is 1. The lowest BCUT2D eigenvalue weighted by atomic mass is 10.2. The maximum absolute atomic E-state index is 11.7. The molecule has 0 saturated heterocycles. The molecular weight excluding hydrogens is 468 g/mol. The molecule has 204 valence electrons. The third kappa shape index (κ3) is 26.3. The zero-order valence-corrected chi connectivity index (χ0v) is 20.8. The van der Waals surface area contributed by atoms with Gasteiger partial charge in [-0.25, -0.2) is 4.79 Å². The van der Waals surface area contributed by atoms with Gasteiger partial charge < -0.3 is 43.8 Å². The predicted molar refractivity (Wildman–Crippen MR) is 123 cm³/mol. The van der Waals surface area contributed by atoms with Crippen LogP contribution in [-0.4, -0.2) is 123 Å². The van der Waals surface area contributed by atoms with Gasteiger partial charge >= 0.3 is 5.97 Å². The Bertz CT molecular complexity index is 576. The molecule has 2 N–H and O–H groups in total. The van der Waals surface area contributed by atoms with Gasteiger partial charge in [0.15, 0.2) is 5.78 Å². The molecule has 0 aromatic carbocycles. The van der Waals surface area contributed by atoms with Crippen molar-refractivity contribution in [2.75, 3.05) is 99.5 Å². The maximum Gasteiger partial charge on any atom is 0.331 e. The minimum atomic E-state index is -0.449. The first-order valence-corrected chi connectivity index (χ1v) is 11.5. The Morgan fingerprint density at radius 1 is 0.600 bits per heavy atom. The molecule has 0 aliphatic carbocycles. The monoisotopic (exact) mass is 508 g/mol. The van der Waals surface area contributed by atoms with Crippen LogP contribution in [-0.2, 0) is 52.3 Å². The number of esters is 1. The highest BCUT2D eigenvalue weighted by molar-refractivity contribution is 5.79. The summed E-state index contributed by atoms with van der Waals surface area (Å²) in [5.41, 5.74) is 0. The normalized spacial score (nSPS) is 10.7. The number of amides is 2. The van der Waals surface area contributed by atoms with Gasteiger partial charge in [-0.2, -0.15) is 0 Å². The minimum Gasteiger partial charge on any atom is -0.467 e. The smallest absolute Gasteiger partial charge is 0.331 e. The highest BCUT2D eigenvalue weighted by Gasteiger charge is 2.04. The van der Waals surface area contributed by atoms with Crippen molar-refractivity contribution in [3.05, 3.63) is 0 Å². The number of nitrogens with one attached hydrogen (secondary N) is 2. The lowest BCUT2D eigenvalue weighted by Gasteiger charge is -2.08. The molecule has 0 unspecified atom stereocenters. The minimum absolute atomic E-state index is 0.0162. The fourth-order valence-electron chi connectivity index (χ4n) is 2.28. The van der Waals surface area contributed by atoms with Crippen LogP contribution in [0.4, 0.5) is 0 Å². The number of hydrogen-bond acceptors (Lipinski definition) is 11. The molecule has 0 rings (SSSR count). The standard InChI is InChI=1S/C22H40N2O11/c1-19(25)23-5-8-31-11-13-33-16-20(26)4-3-7-30-10-14-34-17-21(27)24-6-9-32-12-15-35-18-22(28)29-2/h3-18H2,1-2H3,(H,23,25)(H,24,27). The fourth-order valence-corrected chi connectivity index (χ4v) is 2.28. The van der Waals surface area contributed by atoms with Gasteiger partial charge in [0.25, 0.3) is 0 Å². The highest BCUT2D eigenvalue weighted by Crippen LogP contribution is 1.94. The molecule has 0 aliphatic rings. The molecule has 0 radical (unpaired) electrons. The first-order valence-electron chi connectivity index (χ1n) is 11.5. The van der Waals surface area contributed by atoms with E-state index < -0.39 is 5.97 Å². The molecule has 0 aromatic heterocycles. The van der Waals surface area contributed by atoms with E-state index in [-0.39, 0.29) is 50.6 Å². The van der Waals surface area contributed by atoms with Crippen LogP contribution in [0.1, 0.15) is 19.8 Å². The molecule has 0 aromatic rings. The number of rotatable bonds is 25. The third-order valence-electron chi connectivity index (χ3n) is 3.99. The first kappa shape index (κ1) is 32.8. The Hall–Kier alpha value is -2.16. The zero-order valence-electron chi connectivity index (χ0n) is 20.8. The summed E-state index contributed by atoms with van der Waals surface area (Å²) in [5.74, 6) is -0.835. The largest absolute Gasteiger partial charge is 0.467 e. The van der Waals surface area contributed by atoms with E-state index in [9.17, 15) is 19.2 Å². The van der Waals surface area contributed by atoms with E-state index >= 15 is 0 Å². The summed E-state index contributed by atoms with van der Waals surface area (Å²) in [6, 6.07) is 0. The maximum atomic E-state index is 11.7. The van der Waals surface area contributed by atoms with Crippen molar-refractivity contribution in [3.63, 3.8) is 0 Å². The summed E-state index contributed by atoms with van der Waals surface area (Å²) in [7, 11) is 1.28. The van der Waals surface area contributed by atoms with Crippen LogP contribution in [0.5, 0.6) is 0 Å². The Kier molecular flexibility index (Phi) is 23.4. The molecule has 0 saturated carbocycles. The van der Waals surface area contributed by atoms with Gasteiger partial charge in [0.1, 0.15) is 19.8 Å². The topological polar surface area (TPSA) is 157 Å². The average Bonchev–Trinajstić information content (AvgIpc) is 2.83. The van der Waals surface area contributed by atoms with E-state index in [1.54, 1.807) is 0 Å². The molecule has 0 bridgehead atoms. The number of carbonyl (C=O) groups is 4. The molecule has 2 amide bonds. The Balaban J connectivity index is 3.30. The molecule has 0 fully saturated rings. The summed E-state index contributed by atoms with van der Waals surface area (Å²) < 4.78 is 35.8. The molecule has 35 heavy (non-hydrogen) atoms. The molecule has 0 atom stereocenters. The van der Waals surface area contributed by atoms with E-state index in [0.717, 1.165) is 0 Å². The number of ether oxygens (including phenoxy) is 7. The van der Waals surface area contributed by atoms with E-state index in [4.69, 9.17) is 28.4 Å². The van der Waals surface area contributed by atoms with Crippen molar-refractivity contribution in [1.82, 2.24) is 10.6 Å². The Morgan fingerprint density at radius 3 is 1.71 bits per heavy atom. The Labute approximate surface area is 206 Å². The molecule has 13 nitrogen and oxygen atoms in total. The SMILES string of the molecule is COC(=O)COCCOCCNC(=O)COCCOCCCC(=O)COCCOCCNC(C)=O. The van der Waals surface area contributed by atoms with Crippen molar-refractivity contribution in [1.29, 1.82) is 0 Å². The summed E-state index contributed by atoms with van der Waals surface area (Å²) in [6.07, 6.45) is 0.926. The number of carbonyl (C=O) groups excluding carboxylic acids is 4. The van der Waals surface area contributed by atoms with E-state index in [1.165, 1.54) is 14.0 Å². The van der Waals surface area contributed by atoms with Crippen LogP contribution in [0.25, 0.3) is 0 Å². The lowest BCUT2D eigenvalue weighted by Crippen LogP contribution is -2.31. The van der Waals surface area contributed by atoms with Crippen molar-refractivity contribution in [3.8, 4) is 0 Å². The molecule has 0 aliphatic heterocycles. The van der Waals surface area contributed by atoms with Crippen LogP contribution in [0.15, 0.2) is 0 Å². The van der Waals surface area contributed by atoms with Crippen molar-refractivity contribution >= 4 is 23.6 Å². The van der Waals surface area contributed by atoms with Gasteiger partial charge in [-0.3, -0.25) is 14.4 Å². The van der Waals surface area contributed by atoms with E-state index in [1.807, 2.05) is 0 Å². The average molecular weight is 509 g/mol. The molecule has 0 heterocycles. The summed E-state index contributed by atoms with van der Waals surface area (Å²) >= 11 is 0. The summed E-state index contributed by atoms with van der Waals surface area (Å²) in [5, 5.41) is 5.26. The molecule has 0 spiro atoms. The fraction of sp³-hybridized carbons (Fsp3) is 0.818. The number of ketones is 1. The quantitative estimate of drug-likeness (QED) is 0.113. The first-order chi connectivity index (χ1) is 17.0. The lowest BCUT2D eigenvalue weighted by molar-refractivity contribution is -0.146. The van der Waals surface area contributed by atoms with E-state index in [0.29, 0.717) is 72.2 Å². The van der Waals surface area contributed by atoms with Gasteiger partial charge in [-0.05, 0) is 6.42 Å². The second-order valence-corrected chi connectivity index (χ2v) is 7.05. The van der Waals surface area contributed by atoms with Gasteiger partial charge in [0.2, 0.25) is 11.8 Å². The number of hydrogen-bond donors (Lipinski definition) is 2. The van der Waals surface area contributed by atoms with Crippen LogP contribution < -0.4 is 10.6 Å². The second-order valence-electron chi connectivity index (χ2n) is 7.05. The van der Waals surface area contributed by atoms with Gasteiger partial charge in [-0.1, -0.05) is 0 Å². The number of Topliss-reactive ketones (excluding diaryl/α,β-unsaturated/α-hetero) is 1. The van der Waals surface area contributed by atoms with Crippen molar-refractivity contribution in [2.45, 2.75) is 19.8 Å². The molecular formula is C22H40N2O11. The van der Waals surface area contributed by atoms with Crippen molar-refractivity contribution < 1.29 is 52.3 Å². The predicted octanol–water partition coefficient (Wildman–Crippen LogP) is -1.14. The van der Waals surface area contributed by atoms with Crippen molar-refractivity contribution in [2.24, 2.45) is 0 Å². The zero-order chi connectivity index (χ0) is 26.0. The summed E-state index contributed by atoms with van der Waals surface area (Å²) in [4.78, 5) is 44.8. The van der Waals surface area contributed by atoms with Crippen LogP contribution in [0.2, 0.25) is 0 Å². The third-order valence-corrected chi connectivity index (χ3v) is 3.99. The van der Waals surface area contributed by atoms with Crippen LogP contribution in [0, 0.1) is 0 Å². The molecule has 13 heteroatoms. The second kappa shape index (κ2) is 24.9. The van der Waals surface area contributed by atoms with Gasteiger partial charge in [0.05, 0.1) is 60.0 Å². The summed E-state index contributed by atoms with van der Waals surface area (Å²) in [6.45, 7) is 4.98. The Morgan fingerprint density at radius 2 is 1.11 bits per heavy atom. The van der Waals surface area contributed by atoms with Crippen LogP contribution in [0.3, 0.4) is 0 Å².